The predicted molar refractivity (Wildman–Crippen MR) is 104 cm³/mol. The molecule has 1 aromatic carbocycles. The lowest BCUT2D eigenvalue weighted by atomic mass is 10.0. The van der Waals surface area contributed by atoms with Crippen LogP contribution in [0.2, 0.25) is 0 Å². The van der Waals surface area contributed by atoms with Gasteiger partial charge in [-0.2, -0.15) is 0 Å². The smallest absolute Gasteiger partial charge is 0.251 e. The Balaban J connectivity index is 1.91. The molecule has 0 unspecified atom stereocenters. The average Bonchev–Trinajstić information content (AvgIpc) is 2.68. The van der Waals surface area contributed by atoms with Gasteiger partial charge in [0.05, 0.1) is 11.7 Å². The third kappa shape index (κ3) is 5.09. The van der Waals surface area contributed by atoms with E-state index in [1.165, 1.54) is 18.2 Å². The molecule has 1 amide bonds. The number of hydrogen-bond donors (Lipinski definition) is 2. The molecule has 0 aliphatic rings. The molecule has 144 valence electrons. The van der Waals surface area contributed by atoms with Gasteiger partial charge in [-0.3, -0.25) is 14.6 Å². The Morgan fingerprint density at radius 3 is 2.68 bits per heavy atom. The van der Waals surface area contributed by atoms with Crippen LogP contribution in [0.5, 0.6) is 0 Å². The Labute approximate surface area is 161 Å². The van der Waals surface area contributed by atoms with Crippen molar-refractivity contribution in [3.63, 3.8) is 0 Å². The minimum absolute atomic E-state index is 0.105. The molecule has 0 aliphatic carbocycles. The molecule has 2 heterocycles. The molecule has 0 saturated carbocycles. The Morgan fingerprint density at radius 2 is 2.00 bits per heavy atom. The number of amides is 1. The highest BCUT2D eigenvalue weighted by molar-refractivity contribution is 5.76. The third-order valence-electron chi connectivity index (χ3n) is 4.20. The van der Waals surface area contributed by atoms with Crippen LogP contribution in [0.25, 0.3) is 11.5 Å². The molecule has 0 spiro atoms. The first-order valence-electron chi connectivity index (χ1n) is 9.11. The van der Waals surface area contributed by atoms with Gasteiger partial charge in [-0.15, -0.1) is 0 Å². The molecule has 2 aromatic heterocycles. The number of nitrogens with zero attached hydrogens (tertiary/aromatic N) is 2. The van der Waals surface area contributed by atoms with Crippen LogP contribution in [0.15, 0.2) is 59.5 Å². The Kier molecular flexibility index (Phi) is 6.26. The summed E-state index contributed by atoms with van der Waals surface area (Å²) in [6.07, 6.45) is 3.02. The number of carbonyl (C=O) groups excluding carboxylic acids is 1. The zero-order valence-corrected chi connectivity index (χ0v) is 15.5. The van der Waals surface area contributed by atoms with Crippen molar-refractivity contribution in [1.29, 1.82) is 0 Å². The first-order valence-corrected chi connectivity index (χ1v) is 9.11. The van der Waals surface area contributed by atoms with Crippen molar-refractivity contribution in [2.24, 2.45) is 0 Å². The maximum atomic E-state index is 13.3. The Hall–Kier alpha value is -3.35. The number of halogens is 1. The summed E-state index contributed by atoms with van der Waals surface area (Å²) < 4.78 is 13.3. The van der Waals surface area contributed by atoms with Gasteiger partial charge in [0, 0.05) is 25.1 Å². The number of aromatic nitrogens is 3. The van der Waals surface area contributed by atoms with Crippen molar-refractivity contribution < 1.29 is 9.18 Å². The summed E-state index contributed by atoms with van der Waals surface area (Å²) in [7, 11) is 0. The van der Waals surface area contributed by atoms with Crippen molar-refractivity contribution >= 4 is 5.91 Å². The van der Waals surface area contributed by atoms with E-state index < -0.39 is 6.04 Å². The van der Waals surface area contributed by atoms with E-state index >= 15 is 0 Å². The number of H-pyrrole nitrogens is 1. The SMILES string of the molecule is CCCC(=O)N[C@@H](Cc1cc(=O)[nH]c(-c2ccccn2)n1)c1ccc(F)cc1. The second-order valence-corrected chi connectivity index (χ2v) is 6.43. The Morgan fingerprint density at radius 1 is 1.21 bits per heavy atom. The van der Waals surface area contributed by atoms with Crippen LogP contribution in [0.1, 0.15) is 37.1 Å². The van der Waals surface area contributed by atoms with Gasteiger partial charge in [-0.05, 0) is 36.2 Å². The molecule has 0 aliphatic heterocycles. The zero-order valence-electron chi connectivity index (χ0n) is 15.5. The van der Waals surface area contributed by atoms with E-state index in [-0.39, 0.29) is 17.3 Å². The van der Waals surface area contributed by atoms with Gasteiger partial charge in [0.15, 0.2) is 5.82 Å². The second-order valence-electron chi connectivity index (χ2n) is 6.43. The van der Waals surface area contributed by atoms with E-state index in [1.807, 2.05) is 6.92 Å². The first-order chi connectivity index (χ1) is 13.5. The van der Waals surface area contributed by atoms with Gasteiger partial charge in [-0.1, -0.05) is 25.1 Å². The number of rotatable bonds is 7. The van der Waals surface area contributed by atoms with E-state index in [4.69, 9.17) is 0 Å². The van der Waals surface area contributed by atoms with Crippen LogP contribution < -0.4 is 10.9 Å². The average molecular weight is 380 g/mol. The maximum absolute atomic E-state index is 13.3. The second kappa shape index (κ2) is 9.03. The minimum atomic E-state index is -0.425. The van der Waals surface area contributed by atoms with Crippen molar-refractivity contribution in [3.05, 3.63) is 82.2 Å². The van der Waals surface area contributed by atoms with Gasteiger partial charge in [0.1, 0.15) is 11.5 Å². The molecule has 6 nitrogen and oxygen atoms in total. The number of benzene rings is 1. The van der Waals surface area contributed by atoms with E-state index in [0.717, 1.165) is 12.0 Å². The van der Waals surface area contributed by atoms with Gasteiger partial charge in [-0.25, -0.2) is 9.37 Å². The van der Waals surface area contributed by atoms with Crippen molar-refractivity contribution in [2.75, 3.05) is 0 Å². The summed E-state index contributed by atoms with van der Waals surface area (Å²) in [4.78, 5) is 35.7. The number of nitrogens with one attached hydrogen (secondary N) is 2. The van der Waals surface area contributed by atoms with Crippen molar-refractivity contribution in [3.8, 4) is 11.5 Å². The van der Waals surface area contributed by atoms with Crippen molar-refractivity contribution in [2.45, 2.75) is 32.2 Å². The lowest BCUT2D eigenvalue weighted by Gasteiger charge is -2.19. The van der Waals surface area contributed by atoms with Gasteiger partial charge < -0.3 is 10.3 Å². The topological polar surface area (TPSA) is 87.7 Å². The fraction of sp³-hybridized carbons (Fsp3) is 0.238. The molecule has 0 saturated heterocycles. The molecular formula is C21H21FN4O2. The quantitative estimate of drug-likeness (QED) is 0.659. The molecule has 28 heavy (non-hydrogen) atoms. The largest absolute Gasteiger partial charge is 0.349 e. The summed E-state index contributed by atoms with van der Waals surface area (Å²) in [5, 5.41) is 2.95. The lowest BCUT2D eigenvalue weighted by molar-refractivity contribution is -0.121. The molecule has 0 radical (unpaired) electrons. The van der Waals surface area contributed by atoms with E-state index in [9.17, 15) is 14.0 Å². The van der Waals surface area contributed by atoms with E-state index in [2.05, 4.69) is 20.3 Å². The van der Waals surface area contributed by atoms with Crippen LogP contribution in [0.3, 0.4) is 0 Å². The highest BCUT2D eigenvalue weighted by Crippen LogP contribution is 2.19. The van der Waals surface area contributed by atoms with Crippen LogP contribution >= 0.6 is 0 Å². The highest BCUT2D eigenvalue weighted by atomic mass is 19.1. The summed E-state index contributed by atoms with van der Waals surface area (Å²) in [5.74, 6) is -0.0958. The van der Waals surface area contributed by atoms with Gasteiger partial charge in [0.25, 0.3) is 5.56 Å². The highest BCUT2D eigenvalue weighted by Gasteiger charge is 2.17. The van der Waals surface area contributed by atoms with Crippen LogP contribution in [-0.2, 0) is 11.2 Å². The monoisotopic (exact) mass is 380 g/mol. The van der Waals surface area contributed by atoms with Crippen LogP contribution in [-0.4, -0.2) is 20.9 Å². The number of aromatic amines is 1. The van der Waals surface area contributed by atoms with E-state index in [0.29, 0.717) is 30.1 Å². The molecule has 3 rings (SSSR count). The molecule has 3 aromatic rings. The third-order valence-corrected chi connectivity index (χ3v) is 4.20. The van der Waals surface area contributed by atoms with Crippen LogP contribution in [0.4, 0.5) is 4.39 Å². The minimum Gasteiger partial charge on any atom is -0.349 e. The Bertz CT molecular complexity index is 987. The normalized spacial score (nSPS) is 11.8. The number of hydrogen-bond acceptors (Lipinski definition) is 4. The summed E-state index contributed by atoms with van der Waals surface area (Å²) in [5.41, 5.74) is 1.50. The maximum Gasteiger partial charge on any atom is 0.251 e. The van der Waals surface area contributed by atoms with Gasteiger partial charge >= 0.3 is 0 Å². The molecule has 1 atom stereocenters. The van der Waals surface area contributed by atoms with E-state index in [1.54, 1.807) is 36.5 Å². The van der Waals surface area contributed by atoms with Gasteiger partial charge in [0.2, 0.25) is 5.91 Å². The predicted octanol–water partition coefficient (Wildman–Crippen LogP) is 3.17. The fourth-order valence-corrected chi connectivity index (χ4v) is 2.89. The summed E-state index contributed by atoms with van der Waals surface area (Å²) in [6, 6.07) is 12.2. The fourth-order valence-electron chi connectivity index (χ4n) is 2.89. The number of pyridine rings is 1. The first kappa shape index (κ1) is 19.4. The summed E-state index contributed by atoms with van der Waals surface area (Å²) >= 11 is 0. The number of carbonyl (C=O) groups is 1. The standard InChI is InChI=1S/C21H21FN4O2/c1-2-5-19(27)25-18(14-7-9-15(22)10-8-14)12-16-13-20(28)26-21(24-16)17-6-3-4-11-23-17/h3-4,6-11,13,18H,2,5,12H2,1H3,(H,25,27)(H,24,26,28)/t18-/m0/s1. The lowest BCUT2D eigenvalue weighted by Crippen LogP contribution is -2.30. The molecular weight excluding hydrogens is 359 g/mol. The summed E-state index contributed by atoms with van der Waals surface area (Å²) in [6.45, 7) is 1.92. The van der Waals surface area contributed by atoms with Crippen molar-refractivity contribution in [1.82, 2.24) is 20.3 Å². The molecule has 2 N–H and O–H groups in total. The zero-order chi connectivity index (χ0) is 19.9. The molecule has 7 heteroatoms. The molecule has 0 bridgehead atoms. The molecule has 0 fully saturated rings. The van der Waals surface area contributed by atoms with Crippen LogP contribution in [0, 0.1) is 5.82 Å².